The van der Waals surface area contributed by atoms with E-state index in [9.17, 15) is 5.11 Å². The number of phenolic OH excluding ortho intramolecular Hbond substituents is 1. The summed E-state index contributed by atoms with van der Waals surface area (Å²) < 4.78 is 1.03. The standard InChI is InChI=1S/C12H18BrNO/c1-7-5-10(13)8(2)9(11(7)15)6-12(3,4)14/h5,15H,6,14H2,1-4H3. The first kappa shape index (κ1) is 12.5. The van der Waals surface area contributed by atoms with Gasteiger partial charge in [-0.15, -0.1) is 0 Å². The summed E-state index contributed by atoms with van der Waals surface area (Å²) in [5, 5.41) is 9.99. The molecule has 2 nitrogen and oxygen atoms in total. The Morgan fingerprint density at radius 2 is 1.93 bits per heavy atom. The number of rotatable bonds is 2. The van der Waals surface area contributed by atoms with Crippen LogP contribution in [0.3, 0.4) is 0 Å². The van der Waals surface area contributed by atoms with E-state index in [-0.39, 0.29) is 5.54 Å². The quantitative estimate of drug-likeness (QED) is 0.869. The number of nitrogens with two attached hydrogens (primary N) is 1. The molecule has 3 N–H and O–H groups in total. The van der Waals surface area contributed by atoms with Crippen LogP contribution in [0.1, 0.15) is 30.5 Å². The fourth-order valence-corrected chi connectivity index (χ4v) is 2.18. The van der Waals surface area contributed by atoms with Gasteiger partial charge in [-0.05, 0) is 56.9 Å². The number of aryl methyl sites for hydroxylation is 1. The predicted molar refractivity (Wildman–Crippen MR) is 67.3 cm³/mol. The van der Waals surface area contributed by atoms with E-state index in [0.717, 1.165) is 21.2 Å². The molecule has 0 radical (unpaired) electrons. The first-order chi connectivity index (χ1) is 6.72. The van der Waals surface area contributed by atoms with Gasteiger partial charge in [0, 0.05) is 10.0 Å². The van der Waals surface area contributed by atoms with Crippen molar-refractivity contribution in [2.45, 2.75) is 39.7 Å². The van der Waals surface area contributed by atoms with Crippen LogP contribution in [0.25, 0.3) is 0 Å². The van der Waals surface area contributed by atoms with Crippen molar-refractivity contribution < 1.29 is 5.11 Å². The van der Waals surface area contributed by atoms with Crippen molar-refractivity contribution in [1.29, 1.82) is 0 Å². The lowest BCUT2D eigenvalue weighted by atomic mass is 9.91. The molecule has 15 heavy (non-hydrogen) atoms. The van der Waals surface area contributed by atoms with Gasteiger partial charge in [0.2, 0.25) is 0 Å². The van der Waals surface area contributed by atoms with Crippen LogP contribution in [0.15, 0.2) is 10.5 Å². The summed E-state index contributed by atoms with van der Waals surface area (Å²) in [5.41, 5.74) is 8.56. The van der Waals surface area contributed by atoms with Gasteiger partial charge in [-0.3, -0.25) is 0 Å². The maximum absolute atomic E-state index is 9.99. The fraction of sp³-hybridized carbons (Fsp3) is 0.500. The molecule has 1 aromatic rings. The van der Waals surface area contributed by atoms with E-state index < -0.39 is 0 Å². The van der Waals surface area contributed by atoms with Crippen LogP contribution in [0, 0.1) is 13.8 Å². The Morgan fingerprint density at radius 3 is 2.40 bits per heavy atom. The van der Waals surface area contributed by atoms with E-state index in [4.69, 9.17) is 5.73 Å². The Labute approximate surface area is 99.6 Å². The third kappa shape index (κ3) is 2.95. The summed E-state index contributed by atoms with van der Waals surface area (Å²) >= 11 is 3.49. The minimum atomic E-state index is -0.310. The highest BCUT2D eigenvalue weighted by atomic mass is 79.9. The molecule has 0 bridgehead atoms. The average molecular weight is 272 g/mol. The molecule has 0 aliphatic carbocycles. The van der Waals surface area contributed by atoms with E-state index >= 15 is 0 Å². The normalized spacial score (nSPS) is 11.9. The van der Waals surface area contributed by atoms with Crippen molar-refractivity contribution in [2.24, 2.45) is 5.73 Å². The molecule has 1 aromatic carbocycles. The van der Waals surface area contributed by atoms with Crippen LogP contribution < -0.4 is 5.73 Å². The first-order valence-electron chi connectivity index (χ1n) is 4.99. The van der Waals surface area contributed by atoms with Crippen LogP contribution in [-0.4, -0.2) is 10.6 Å². The first-order valence-corrected chi connectivity index (χ1v) is 5.78. The molecule has 0 saturated carbocycles. The second-order valence-corrected chi connectivity index (χ2v) is 5.65. The lowest BCUT2D eigenvalue weighted by Crippen LogP contribution is -2.34. The fourth-order valence-electron chi connectivity index (χ4n) is 1.60. The predicted octanol–water partition coefficient (Wildman–Crippen LogP) is 3.05. The van der Waals surface area contributed by atoms with Gasteiger partial charge in [-0.1, -0.05) is 15.9 Å². The highest BCUT2D eigenvalue weighted by Crippen LogP contribution is 2.33. The second kappa shape index (κ2) is 4.14. The maximum Gasteiger partial charge on any atom is 0.122 e. The third-order valence-electron chi connectivity index (χ3n) is 2.45. The van der Waals surface area contributed by atoms with E-state index in [1.54, 1.807) is 0 Å². The van der Waals surface area contributed by atoms with Crippen molar-refractivity contribution in [3.63, 3.8) is 0 Å². The van der Waals surface area contributed by atoms with Crippen LogP contribution in [0.2, 0.25) is 0 Å². The number of hydrogen-bond donors (Lipinski definition) is 2. The number of aromatic hydroxyl groups is 1. The van der Waals surface area contributed by atoms with Gasteiger partial charge in [0.25, 0.3) is 0 Å². The number of benzene rings is 1. The van der Waals surface area contributed by atoms with Crippen LogP contribution >= 0.6 is 15.9 Å². The molecule has 0 aliphatic rings. The van der Waals surface area contributed by atoms with Crippen molar-refractivity contribution in [3.8, 4) is 5.75 Å². The highest BCUT2D eigenvalue weighted by molar-refractivity contribution is 9.10. The lowest BCUT2D eigenvalue weighted by Gasteiger charge is -2.22. The highest BCUT2D eigenvalue weighted by Gasteiger charge is 2.18. The zero-order chi connectivity index (χ0) is 11.8. The molecule has 0 fully saturated rings. The van der Waals surface area contributed by atoms with E-state index in [0.29, 0.717) is 12.2 Å². The lowest BCUT2D eigenvalue weighted by molar-refractivity contribution is 0.445. The molecular formula is C12H18BrNO. The van der Waals surface area contributed by atoms with Crippen molar-refractivity contribution in [1.82, 2.24) is 0 Å². The summed E-state index contributed by atoms with van der Waals surface area (Å²) in [7, 11) is 0. The summed E-state index contributed by atoms with van der Waals surface area (Å²) in [6, 6.07) is 1.93. The monoisotopic (exact) mass is 271 g/mol. The average Bonchev–Trinajstić information content (AvgIpc) is 2.08. The molecule has 1 rings (SSSR count). The molecule has 3 heteroatoms. The molecular weight excluding hydrogens is 254 g/mol. The Hall–Kier alpha value is -0.540. The summed E-state index contributed by atoms with van der Waals surface area (Å²) in [5.74, 6) is 0.370. The van der Waals surface area contributed by atoms with Gasteiger partial charge in [0.05, 0.1) is 0 Å². The van der Waals surface area contributed by atoms with E-state index in [2.05, 4.69) is 15.9 Å². The molecule has 84 valence electrons. The van der Waals surface area contributed by atoms with Crippen LogP contribution in [-0.2, 0) is 6.42 Å². The largest absolute Gasteiger partial charge is 0.507 e. The van der Waals surface area contributed by atoms with Gasteiger partial charge in [-0.25, -0.2) is 0 Å². The van der Waals surface area contributed by atoms with Crippen LogP contribution in [0.5, 0.6) is 5.75 Å². The Kier molecular flexibility index (Phi) is 3.46. The zero-order valence-corrected chi connectivity index (χ0v) is 11.3. The molecule has 0 heterocycles. The molecule has 0 spiro atoms. The van der Waals surface area contributed by atoms with Gasteiger partial charge < -0.3 is 10.8 Å². The van der Waals surface area contributed by atoms with Crippen LogP contribution in [0.4, 0.5) is 0 Å². The van der Waals surface area contributed by atoms with Gasteiger partial charge >= 0.3 is 0 Å². The SMILES string of the molecule is Cc1cc(Br)c(C)c(CC(C)(C)N)c1O. The zero-order valence-electron chi connectivity index (χ0n) is 9.69. The van der Waals surface area contributed by atoms with E-state index in [1.165, 1.54) is 0 Å². The van der Waals surface area contributed by atoms with Gasteiger partial charge in [-0.2, -0.15) is 0 Å². The van der Waals surface area contributed by atoms with E-state index in [1.807, 2.05) is 33.8 Å². The molecule has 0 unspecified atom stereocenters. The Balaban J connectivity index is 3.27. The molecule has 0 atom stereocenters. The summed E-state index contributed by atoms with van der Waals surface area (Å²) in [6.45, 7) is 7.81. The summed E-state index contributed by atoms with van der Waals surface area (Å²) in [6.07, 6.45) is 0.672. The maximum atomic E-state index is 9.99. The van der Waals surface area contributed by atoms with Crippen molar-refractivity contribution >= 4 is 15.9 Å². The Morgan fingerprint density at radius 1 is 1.40 bits per heavy atom. The number of phenols is 1. The minimum Gasteiger partial charge on any atom is -0.507 e. The minimum absolute atomic E-state index is 0.310. The topological polar surface area (TPSA) is 46.2 Å². The molecule has 0 aromatic heterocycles. The third-order valence-corrected chi connectivity index (χ3v) is 3.27. The molecule has 0 saturated heterocycles. The summed E-state index contributed by atoms with van der Waals surface area (Å²) in [4.78, 5) is 0. The Bertz CT molecular complexity index is 354. The number of halogens is 1. The number of hydrogen-bond acceptors (Lipinski definition) is 2. The molecule has 0 aliphatic heterocycles. The second-order valence-electron chi connectivity index (χ2n) is 4.79. The molecule has 0 amide bonds. The van der Waals surface area contributed by atoms with Crippen molar-refractivity contribution in [2.75, 3.05) is 0 Å². The van der Waals surface area contributed by atoms with Crippen molar-refractivity contribution in [3.05, 3.63) is 27.2 Å². The van der Waals surface area contributed by atoms with Gasteiger partial charge in [0.15, 0.2) is 0 Å². The van der Waals surface area contributed by atoms with Gasteiger partial charge in [0.1, 0.15) is 5.75 Å². The smallest absolute Gasteiger partial charge is 0.122 e.